The highest BCUT2D eigenvalue weighted by atomic mass is 16.6. The summed E-state index contributed by atoms with van der Waals surface area (Å²) in [6.07, 6.45) is -0.472. The first-order valence-electron chi connectivity index (χ1n) is 6.10. The van der Waals surface area contributed by atoms with E-state index in [-0.39, 0.29) is 17.8 Å². The van der Waals surface area contributed by atoms with Gasteiger partial charge in [-0.05, 0) is 19.1 Å². The molecule has 1 fully saturated rings. The molecule has 1 saturated heterocycles. The molecule has 0 unspecified atom stereocenters. The van der Waals surface area contributed by atoms with Crippen LogP contribution in [0.25, 0.3) is 0 Å². The van der Waals surface area contributed by atoms with Gasteiger partial charge in [0.15, 0.2) is 6.23 Å². The maximum Gasteiger partial charge on any atom is 0.330 e. The number of esters is 1. The van der Waals surface area contributed by atoms with E-state index in [1.807, 2.05) is 19.9 Å². The fourth-order valence-electron chi connectivity index (χ4n) is 2.09. The molecule has 0 aliphatic carbocycles. The molecular weight excluding hydrogens is 230 g/mol. The summed E-state index contributed by atoms with van der Waals surface area (Å²) in [5.74, 6) is -0.419. The number of nitrogens with zero attached hydrogens (tertiary/aromatic N) is 1. The molecule has 0 aromatic heterocycles. The molecule has 1 aliphatic heterocycles. The standard InChI is InChI=1S/C14H17NO3/c1-9(2)13-15(10(3)14(17)18-13)12(16)11-7-5-4-6-8-11/h4-10,13H,1-3H3/t10-,13-/m0/s1. The lowest BCUT2D eigenvalue weighted by Gasteiger charge is -2.27. The smallest absolute Gasteiger partial charge is 0.330 e. The van der Waals surface area contributed by atoms with E-state index in [2.05, 4.69) is 0 Å². The van der Waals surface area contributed by atoms with Gasteiger partial charge >= 0.3 is 5.97 Å². The second-order valence-corrected chi connectivity index (χ2v) is 4.83. The highest BCUT2D eigenvalue weighted by molar-refractivity contribution is 5.98. The first-order valence-corrected chi connectivity index (χ1v) is 6.10. The van der Waals surface area contributed by atoms with E-state index >= 15 is 0 Å². The molecule has 0 radical (unpaired) electrons. The third-order valence-corrected chi connectivity index (χ3v) is 3.09. The number of benzene rings is 1. The van der Waals surface area contributed by atoms with Gasteiger partial charge in [0.2, 0.25) is 0 Å². The summed E-state index contributed by atoms with van der Waals surface area (Å²) in [4.78, 5) is 25.6. The molecule has 1 aromatic rings. The normalized spacial score (nSPS) is 23.3. The van der Waals surface area contributed by atoms with Gasteiger partial charge < -0.3 is 4.74 Å². The Balaban J connectivity index is 2.30. The largest absolute Gasteiger partial charge is 0.440 e. The SMILES string of the molecule is CC(C)[C@@H]1OC(=O)[C@H](C)N1C(=O)c1ccccc1. The molecule has 18 heavy (non-hydrogen) atoms. The summed E-state index contributed by atoms with van der Waals surface area (Å²) in [6, 6.07) is 8.43. The molecule has 2 rings (SSSR count). The average Bonchev–Trinajstić information content (AvgIpc) is 2.66. The van der Waals surface area contributed by atoms with Crippen molar-refractivity contribution in [1.29, 1.82) is 0 Å². The third kappa shape index (κ3) is 2.10. The lowest BCUT2D eigenvalue weighted by atomic mass is 10.1. The lowest BCUT2D eigenvalue weighted by Crippen LogP contribution is -2.43. The Kier molecular flexibility index (Phi) is 3.36. The van der Waals surface area contributed by atoms with Gasteiger partial charge in [0.1, 0.15) is 6.04 Å². The molecule has 1 amide bonds. The Labute approximate surface area is 107 Å². The van der Waals surface area contributed by atoms with Crippen molar-refractivity contribution < 1.29 is 14.3 Å². The molecule has 96 valence electrons. The first kappa shape index (κ1) is 12.6. The van der Waals surface area contributed by atoms with Crippen molar-refractivity contribution in [2.24, 2.45) is 5.92 Å². The molecule has 0 bridgehead atoms. The average molecular weight is 247 g/mol. The number of cyclic esters (lactones) is 1. The van der Waals surface area contributed by atoms with Crippen LogP contribution in [0.3, 0.4) is 0 Å². The maximum atomic E-state index is 12.4. The fraction of sp³-hybridized carbons (Fsp3) is 0.429. The summed E-state index contributed by atoms with van der Waals surface area (Å²) in [6.45, 7) is 5.56. The van der Waals surface area contributed by atoms with Crippen LogP contribution in [0.5, 0.6) is 0 Å². The number of hydrogen-bond acceptors (Lipinski definition) is 3. The highest BCUT2D eigenvalue weighted by Gasteiger charge is 2.43. The van der Waals surface area contributed by atoms with Crippen molar-refractivity contribution in [2.75, 3.05) is 0 Å². The van der Waals surface area contributed by atoms with Crippen molar-refractivity contribution in [1.82, 2.24) is 4.90 Å². The molecule has 2 atom stereocenters. The minimum atomic E-state index is -0.523. The topological polar surface area (TPSA) is 46.6 Å². The molecule has 1 heterocycles. The van der Waals surface area contributed by atoms with Crippen LogP contribution in [0.4, 0.5) is 0 Å². The molecule has 0 spiro atoms. The van der Waals surface area contributed by atoms with Crippen molar-refractivity contribution in [2.45, 2.75) is 33.0 Å². The number of carbonyl (C=O) groups excluding carboxylic acids is 2. The minimum absolute atomic E-state index is 0.0755. The Morgan fingerprint density at radius 2 is 1.89 bits per heavy atom. The van der Waals surface area contributed by atoms with Crippen LogP contribution in [0.1, 0.15) is 31.1 Å². The van der Waals surface area contributed by atoms with Gasteiger partial charge in [0.25, 0.3) is 5.91 Å². The van der Waals surface area contributed by atoms with Crippen molar-refractivity contribution in [3.63, 3.8) is 0 Å². The molecule has 1 aromatic carbocycles. The number of amides is 1. The van der Waals surface area contributed by atoms with E-state index in [0.29, 0.717) is 5.56 Å². The zero-order chi connectivity index (χ0) is 13.3. The Morgan fingerprint density at radius 3 is 2.44 bits per heavy atom. The second-order valence-electron chi connectivity index (χ2n) is 4.83. The fourth-order valence-corrected chi connectivity index (χ4v) is 2.09. The summed E-state index contributed by atoms with van der Waals surface area (Å²) >= 11 is 0. The van der Waals surface area contributed by atoms with Crippen molar-refractivity contribution >= 4 is 11.9 Å². The van der Waals surface area contributed by atoms with Gasteiger partial charge in [-0.15, -0.1) is 0 Å². The zero-order valence-electron chi connectivity index (χ0n) is 10.8. The second kappa shape index (κ2) is 4.80. The molecule has 1 aliphatic rings. The van der Waals surface area contributed by atoms with Crippen LogP contribution in [-0.4, -0.2) is 29.0 Å². The number of hydrogen-bond donors (Lipinski definition) is 0. The third-order valence-electron chi connectivity index (χ3n) is 3.09. The Bertz CT molecular complexity index is 455. The summed E-state index contributed by atoms with van der Waals surface area (Å²) in [7, 11) is 0. The zero-order valence-corrected chi connectivity index (χ0v) is 10.8. The molecule has 0 saturated carbocycles. The van der Waals surface area contributed by atoms with Gasteiger partial charge in [0.05, 0.1) is 0 Å². The summed E-state index contributed by atoms with van der Waals surface area (Å²) in [5.41, 5.74) is 0.577. The minimum Gasteiger partial charge on any atom is -0.440 e. The van der Waals surface area contributed by atoms with E-state index in [4.69, 9.17) is 4.74 Å². The summed E-state index contributed by atoms with van der Waals surface area (Å²) in [5, 5.41) is 0. The molecule has 4 heteroatoms. The number of carbonyl (C=O) groups is 2. The van der Waals surface area contributed by atoms with Crippen LogP contribution >= 0.6 is 0 Å². The van der Waals surface area contributed by atoms with Crippen LogP contribution < -0.4 is 0 Å². The lowest BCUT2D eigenvalue weighted by molar-refractivity contribution is -0.144. The van der Waals surface area contributed by atoms with Gasteiger partial charge in [-0.2, -0.15) is 0 Å². The number of ether oxygens (including phenoxy) is 1. The van der Waals surface area contributed by atoms with Crippen molar-refractivity contribution in [3.05, 3.63) is 35.9 Å². The molecule has 0 N–H and O–H groups in total. The van der Waals surface area contributed by atoms with Crippen LogP contribution in [0.15, 0.2) is 30.3 Å². The van der Waals surface area contributed by atoms with E-state index < -0.39 is 12.3 Å². The Morgan fingerprint density at radius 1 is 1.28 bits per heavy atom. The monoisotopic (exact) mass is 247 g/mol. The van der Waals surface area contributed by atoms with Crippen LogP contribution in [0.2, 0.25) is 0 Å². The number of rotatable bonds is 2. The van der Waals surface area contributed by atoms with E-state index in [1.165, 1.54) is 4.90 Å². The van der Waals surface area contributed by atoms with Gasteiger partial charge in [-0.25, -0.2) is 4.79 Å². The summed E-state index contributed by atoms with van der Waals surface area (Å²) < 4.78 is 5.26. The maximum absolute atomic E-state index is 12.4. The van der Waals surface area contributed by atoms with E-state index in [9.17, 15) is 9.59 Å². The first-order chi connectivity index (χ1) is 8.52. The highest BCUT2D eigenvalue weighted by Crippen LogP contribution is 2.26. The predicted molar refractivity (Wildman–Crippen MR) is 66.8 cm³/mol. The van der Waals surface area contributed by atoms with E-state index in [1.54, 1.807) is 31.2 Å². The van der Waals surface area contributed by atoms with Gasteiger partial charge in [0, 0.05) is 11.5 Å². The Hall–Kier alpha value is -1.84. The van der Waals surface area contributed by atoms with Crippen molar-refractivity contribution in [3.8, 4) is 0 Å². The molecule has 4 nitrogen and oxygen atoms in total. The predicted octanol–water partition coefficient (Wildman–Crippen LogP) is 2.06. The van der Waals surface area contributed by atoms with Crippen LogP contribution in [0, 0.1) is 5.92 Å². The molecular formula is C14H17NO3. The van der Waals surface area contributed by atoms with E-state index in [0.717, 1.165) is 0 Å². The van der Waals surface area contributed by atoms with Gasteiger partial charge in [-0.1, -0.05) is 32.0 Å². The van der Waals surface area contributed by atoms with Crippen LogP contribution in [-0.2, 0) is 9.53 Å². The van der Waals surface area contributed by atoms with Gasteiger partial charge in [-0.3, -0.25) is 9.69 Å². The quantitative estimate of drug-likeness (QED) is 0.751.